The van der Waals surface area contributed by atoms with E-state index in [4.69, 9.17) is 5.73 Å². The summed E-state index contributed by atoms with van der Waals surface area (Å²) < 4.78 is 0. The van der Waals surface area contributed by atoms with Crippen LogP contribution in [0.5, 0.6) is 0 Å². The van der Waals surface area contributed by atoms with Gasteiger partial charge < -0.3 is 15.6 Å². The van der Waals surface area contributed by atoms with Crippen LogP contribution in [0.1, 0.15) is 13.8 Å². The molecular formula is C4H8KNO2. The second kappa shape index (κ2) is 3.97. The average molecular weight is 141 g/mol. The predicted octanol–water partition coefficient (Wildman–Crippen LogP) is -4.52. The largest absolute Gasteiger partial charge is 1.00 e. The first-order valence-electron chi connectivity index (χ1n) is 1.95. The van der Waals surface area contributed by atoms with Gasteiger partial charge in [-0.25, -0.2) is 0 Å². The minimum absolute atomic E-state index is 0. The quantitative estimate of drug-likeness (QED) is 0.374. The topological polar surface area (TPSA) is 66.2 Å². The Labute approximate surface area is 91.1 Å². The van der Waals surface area contributed by atoms with Crippen LogP contribution in [0, 0.1) is 0 Å². The Morgan fingerprint density at radius 1 is 1.62 bits per heavy atom. The Kier molecular flexibility index (Phi) is 5.87. The zero-order valence-electron chi connectivity index (χ0n) is 5.39. The van der Waals surface area contributed by atoms with Crippen LogP contribution in [-0.2, 0) is 4.79 Å². The molecule has 0 aromatic carbocycles. The molecule has 0 heterocycles. The van der Waals surface area contributed by atoms with Gasteiger partial charge in [-0.3, -0.25) is 0 Å². The van der Waals surface area contributed by atoms with E-state index in [1.807, 2.05) is 0 Å². The summed E-state index contributed by atoms with van der Waals surface area (Å²) in [7, 11) is 0. The normalized spacial score (nSPS) is 9.88. The summed E-state index contributed by atoms with van der Waals surface area (Å²) in [5.74, 6) is -1.23. The number of rotatable bonds is 1. The molecule has 0 amide bonds. The monoisotopic (exact) mass is 141 g/mol. The first-order valence-corrected chi connectivity index (χ1v) is 1.95. The molecular weight excluding hydrogens is 133 g/mol. The van der Waals surface area contributed by atoms with Gasteiger partial charge in [0, 0.05) is 5.54 Å². The van der Waals surface area contributed by atoms with Crippen LogP contribution in [0.25, 0.3) is 0 Å². The van der Waals surface area contributed by atoms with E-state index in [0.29, 0.717) is 0 Å². The third-order valence-corrected chi connectivity index (χ3v) is 0.526. The van der Waals surface area contributed by atoms with Gasteiger partial charge in [0.05, 0.1) is 5.97 Å². The second-order valence-corrected chi connectivity index (χ2v) is 2.01. The molecule has 0 radical (unpaired) electrons. The van der Waals surface area contributed by atoms with Crippen LogP contribution in [0.15, 0.2) is 0 Å². The van der Waals surface area contributed by atoms with Crippen molar-refractivity contribution in [1.82, 2.24) is 0 Å². The van der Waals surface area contributed by atoms with Crippen molar-refractivity contribution in [3.63, 3.8) is 0 Å². The van der Waals surface area contributed by atoms with Gasteiger partial charge in [0.2, 0.25) is 0 Å². The van der Waals surface area contributed by atoms with Crippen molar-refractivity contribution in [2.75, 3.05) is 0 Å². The van der Waals surface area contributed by atoms with E-state index in [1.165, 1.54) is 13.8 Å². The smallest absolute Gasteiger partial charge is 0.548 e. The van der Waals surface area contributed by atoms with Crippen molar-refractivity contribution in [3.05, 3.63) is 0 Å². The van der Waals surface area contributed by atoms with Gasteiger partial charge in [-0.15, -0.1) is 0 Å². The number of nitrogens with two attached hydrogens (primary N) is 1. The van der Waals surface area contributed by atoms with Crippen LogP contribution < -0.4 is 62.2 Å². The second-order valence-electron chi connectivity index (χ2n) is 2.01. The van der Waals surface area contributed by atoms with Gasteiger partial charge in [-0.1, -0.05) is 0 Å². The fourth-order valence-corrected chi connectivity index (χ4v) is 0. The third-order valence-electron chi connectivity index (χ3n) is 0.526. The number of carboxylic acids is 1. The Balaban J connectivity index is 0. The maximum atomic E-state index is 9.78. The Morgan fingerprint density at radius 3 is 1.75 bits per heavy atom. The van der Waals surface area contributed by atoms with Crippen LogP contribution in [0.2, 0.25) is 0 Å². The van der Waals surface area contributed by atoms with Crippen LogP contribution in [0.4, 0.5) is 0 Å². The molecule has 0 fully saturated rings. The van der Waals surface area contributed by atoms with Crippen molar-refractivity contribution >= 4 is 5.97 Å². The van der Waals surface area contributed by atoms with E-state index in [-0.39, 0.29) is 51.4 Å². The SMILES string of the molecule is CC(C)(N)C(=O)[O-].[K+]. The Hall–Kier alpha value is 1.07. The third kappa shape index (κ3) is 5.21. The van der Waals surface area contributed by atoms with Gasteiger partial charge in [-0.2, -0.15) is 0 Å². The molecule has 8 heavy (non-hydrogen) atoms. The summed E-state index contributed by atoms with van der Waals surface area (Å²) in [6, 6.07) is 0. The average Bonchev–Trinajstić information content (AvgIpc) is 1.31. The van der Waals surface area contributed by atoms with Crippen molar-refractivity contribution in [2.24, 2.45) is 5.73 Å². The maximum absolute atomic E-state index is 9.78. The van der Waals surface area contributed by atoms with Crippen molar-refractivity contribution in [1.29, 1.82) is 0 Å². The van der Waals surface area contributed by atoms with Crippen LogP contribution in [0.3, 0.4) is 0 Å². The molecule has 42 valence electrons. The first-order chi connectivity index (χ1) is 2.94. The number of carbonyl (C=O) groups is 1. The molecule has 0 unspecified atom stereocenters. The molecule has 0 aliphatic carbocycles. The fourth-order valence-electron chi connectivity index (χ4n) is 0. The van der Waals surface area contributed by atoms with Gasteiger partial charge in [0.15, 0.2) is 0 Å². The minimum atomic E-state index is -1.23. The summed E-state index contributed by atoms with van der Waals surface area (Å²) in [6.07, 6.45) is 0. The van der Waals surface area contributed by atoms with Gasteiger partial charge in [-0.05, 0) is 13.8 Å². The van der Waals surface area contributed by atoms with E-state index < -0.39 is 11.5 Å². The van der Waals surface area contributed by atoms with Gasteiger partial charge in [0.25, 0.3) is 0 Å². The fraction of sp³-hybridized carbons (Fsp3) is 0.750. The number of hydrogen-bond acceptors (Lipinski definition) is 3. The summed E-state index contributed by atoms with van der Waals surface area (Å²) >= 11 is 0. The molecule has 4 heteroatoms. The number of carbonyl (C=O) groups excluding carboxylic acids is 1. The van der Waals surface area contributed by atoms with Crippen LogP contribution >= 0.6 is 0 Å². The van der Waals surface area contributed by atoms with Crippen molar-refractivity contribution < 1.29 is 61.3 Å². The van der Waals surface area contributed by atoms with Gasteiger partial charge in [0.1, 0.15) is 0 Å². The first kappa shape index (κ1) is 11.8. The van der Waals surface area contributed by atoms with E-state index in [2.05, 4.69) is 0 Å². The molecule has 0 atom stereocenters. The zero-order valence-corrected chi connectivity index (χ0v) is 8.52. The Bertz CT molecular complexity index is 86.5. The summed E-state index contributed by atoms with van der Waals surface area (Å²) in [4.78, 5) is 9.78. The number of hydrogen-bond donors (Lipinski definition) is 1. The summed E-state index contributed by atoms with van der Waals surface area (Å²) in [6.45, 7) is 2.75. The number of aliphatic carboxylic acids is 1. The van der Waals surface area contributed by atoms with E-state index in [0.717, 1.165) is 0 Å². The molecule has 3 nitrogen and oxygen atoms in total. The Morgan fingerprint density at radius 2 is 1.75 bits per heavy atom. The number of carboxylic acid groups (broad SMARTS) is 1. The van der Waals surface area contributed by atoms with Crippen molar-refractivity contribution in [2.45, 2.75) is 19.4 Å². The molecule has 0 aromatic rings. The molecule has 0 aromatic heterocycles. The molecule has 0 aliphatic heterocycles. The van der Waals surface area contributed by atoms with E-state index in [9.17, 15) is 9.90 Å². The standard InChI is InChI=1S/C4H9NO2.K/c1-4(2,5)3(6)7;/h5H2,1-2H3,(H,6,7);/q;+1/p-1. The molecule has 0 saturated carbocycles. The van der Waals surface area contributed by atoms with Crippen molar-refractivity contribution in [3.8, 4) is 0 Å². The summed E-state index contributed by atoms with van der Waals surface area (Å²) in [5.41, 5.74) is 3.82. The zero-order chi connectivity index (χ0) is 6.08. The predicted molar refractivity (Wildman–Crippen MR) is 23.3 cm³/mol. The molecule has 0 aliphatic rings. The molecule has 2 N–H and O–H groups in total. The summed E-state index contributed by atoms with van der Waals surface area (Å²) in [5, 5.41) is 9.78. The molecule has 0 rings (SSSR count). The van der Waals surface area contributed by atoms with E-state index >= 15 is 0 Å². The molecule has 0 saturated heterocycles. The minimum Gasteiger partial charge on any atom is -0.548 e. The van der Waals surface area contributed by atoms with Gasteiger partial charge >= 0.3 is 51.4 Å². The molecule has 0 bridgehead atoms. The molecule has 0 spiro atoms. The van der Waals surface area contributed by atoms with E-state index in [1.54, 1.807) is 0 Å². The maximum Gasteiger partial charge on any atom is 1.00 e. The van der Waals surface area contributed by atoms with Crippen LogP contribution in [-0.4, -0.2) is 11.5 Å².